The van der Waals surface area contributed by atoms with E-state index in [0.717, 1.165) is 21.9 Å². The van der Waals surface area contributed by atoms with Crippen molar-refractivity contribution in [2.45, 2.75) is 37.9 Å². The lowest BCUT2D eigenvalue weighted by atomic mass is 10.2. The average molecular weight is 316 g/mol. The fourth-order valence-electron chi connectivity index (χ4n) is 1.68. The molecule has 1 aromatic rings. The first-order valence-electron chi connectivity index (χ1n) is 6.08. The van der Waals surface area contributed by atoms with Crippen LogP contribution >= 0.6 is 27.7 Å². The van der Waals surface area contributed by atoms with Crippen LogP contribution in [0.4, 0.5) is 5.82 Å². The van der Waals surface area contributed by atoms with Gasteiger partial charge in [0.05, 0.1) is 15.9 Å². The quantitative estimate of drug-likeness (QED) is 0.810. The predicted molar refractivity (Wildman–Crippen MR) is 77.7 cm³/mol. The molecule has 0 amide bonds. The lowest BCUT2D eigenvalue weighted by Crippen LogP contribution is -2.04. The number of aromatic nitrogens is 2. The summed E-state index contributed by atoms with van der Waals surface area (Å²) >= 11 is 5.51. The number of nitrogens with zero attached hydrogens (tertiary/aromatic N) is 2. The standard InChI is InChI=1S/C12H18BrN3S/c1-3-6-17-7-9-15-11(8-4-5-8)10(13)12(14-2)16-9/h8H,3-7H2,1-2H3,(H,14,15,16). The molecule has 17 heavy (non-hydrogen) atoms. The molecule has 5 heteroatoms. The highest BCUT2D eigenvalue weighted by atomic mass is 79.9. The lowest BCUT2D eigenvalue weighted by Gasteiger charge is -2.10. The fraction of sp³-hybridized carbons (Fsp3) is 0.667. The van der Waals surface area contributed by atoms with Gasteiger partial charge in [-0.05, 0) is 40.9 Å². The van der Waals surface area contributed by atoms with E-state index in [9.17, 15) is 0 Å². The van der Waals surface area contributed by atoms with Gasteiger partial charge in [-0.15, -0.1) is 0 Å². The summed E-state index contributed by atoms with van der Waals surface area (Å²) in [5, 5.41) is 3.14. The van der Waals surface area contributed by atoms with E-state index in [2.05, 4.69) is 33.2 Å². The third kappa shape index (κ3) is 3.35. The Bertz CT molecular complexity index is 394. The van der Waals surface area contributed by atoms with Gasteiger partial charge in [0.25, 0.3) is 0 Å². The van der Waals surface area contributed by atoms with Gasteiger partial charge >= 0.3 is 0 Å². The molecular formula is C12H18BrN3S. The lowest BCUT2D eigenvalue weighted by molar-refractivity contribution is 0.921. The summed E-state index contributed by atoms with van der Waals surface area (Å²) in [6.45, 7) is 2.20. The largest absolute Gasteiger partial charge is 0.372 e. The van der Waals surface area contributed by atoms with E-state index in [1.54, 1.807) is 0 Å². The van der Waals surface area contributed by atoms with Gasteiger partial charge < -0.3 is 5.32 Å². The number of thioether (sulfide) groups is 1. The highest BCUT2D eigenvalue weighted by Crippen LogP contribution is 2.43. The van der Waals surface area contributed by atoms with Gasteiger partial charge in [-0.1, -0.05) is 6.92 Å². The molecular weight excluding hydrogens is 298 g/mol. The summed E-state index contributed by atoms with van der Waals surface area (Å²) in [5.41, 5.74) is 1.19. The Morgan fingerprint density at radius 1 is 1.41 bits per heavy atom. The molecule has 0 bridgehead atoms. The van der Waals surface area contributed by atoms with E-state index in [4.69, 9.17) is 4.98 Å². The molecule has 1 aliphatic carbocycles. The van der Waals surface area contributed by atoms with Gasteiger partial charge in [0.2, 0.25) is 0 Å². The molecule has 1 N–H and O–H groups in total. The Morgan fingerprint density at radius 3 is 2.76 bits per heavy atom. The normalized spacial score (nSPS) is 15.0. The number of hydrogen-bond donors (Lipinski definition) is 1. The molecule has 0 radical (unpaired) electrons. The summed E-state index contributed by atoms with van der Waals surface area (Å²) in [6.07, 6.45) is 3.73. The number of hydrogen-bond acceptors (Lipinski definition) is 4. The Hall–Kier alpha value is -0.290. The zero-order valence-electron chi connectivity index (χ0n) is 10.3. The van der Waals surface area contributed by atoms with E-state index in [1.807, 2.05) is 18.8 Å². The van der Waals surface area contributed by atoms with Crippen LogP contribution in [-0.2, 0) is 5.75 Å². The minimum Gasteiger partial charge on any atom is -0.372 e. The molecule has 1 aliphatic rings. The second-order valence-electron chi connectivity index (χ2n) is 4.26. The Morgan fingerprint density at radius 2 is 2.18 bits per heavy atom. The van der Waals surface area contributed by atoms with Crippen LogP contribution in [0.3, 0.4) is 0 Å². The first-order chi connectivity index (χ1) is 8.26. The minimum atomic E-state index is 0.648. The van der Waals surface area contributed by atoms with E-state index in [-0.39, 0.29) is 0 Å². The number of nitrogens with one attached hydrogen (secondary N) is 1. The van der Waals surface area contributed by atoms with Crippen molar-refractivity contribution >= 4 is 33.5 Å². The highest BCUT2D eigenvalue weighted by molar-refractivity contribution is 9.10. The van der Waals surface area contributed by atoms with E-state index >= 15 is 0 Å². The Labute approximate surface area is 115 Å². The van der Waals surface area contributed by atoms with Crippen molar-refractivity contribution < 1.29 is 0 Å². The van der Waals surface area contributed by atoms with Crippen molar-refractivity contribution in [1.29, 1.82) is 0 Å². The van der Waals surface area contributed by atoms with E-state index < -0.39 is 0 Å². The third-order valence-electron chi connectivity index (χ3n) is 2.70. The molecule has 1 fully saturated rings. The monoisotopic (exact) mass is 315 g/mol. The minimum absolute atomic E-state index is 0.648. The zero-order chi connectivity index (χ0) is 12.3. The highest BCUT2D eigenvalue weighted by Gasteiger charge is 2.29. The van der Waals surface area contributed by atoms with Gasteiger partial charge in [0, 0.05) is 13.0 Å². The average Bonchev–Trinajstić information content (AvgIpc) is 3.15. The molecule has 1 heterocycles. The van der Waals surface area contributed by atoms with Crippen molar-refractivity contribution in [2.24, 2.45) is 0 Å². The Kier molecular flexibility index (Phi) is 4.68. The second kappa shape index (κ2) is 6.05. The van der Waals surface area contributed by atoms with Gasteiger partial charge in [0.1, 0.15) is 11.6 Å². The van der Waals surface area contributed by atoms with Gasteiger partial charge in [-0.25, -0.2) is 9.97 Å². The molecule has 1 saturated carbocycles. The summed E-state index contributed by atoms with van der Waals surface area (Å²) in [4.78, 5) is 9.24. The molecule has 0 aliphatic heterocycles. The van der Waals surface area contributed by atoms with Crippen molar-refractivity contribution in [3.8, 4) is 0 Å². The van der Waals surface area contributed by atoms with Crippen LogP contribution < -0.4 is 5.32 Å². The topological polar surface area (TPSA) is 37.8 Å². The second-order valence-corrected chi connectivity index (χ2v) is 6.16. The molecule has 0 saturated heterocycles. The van der Waals surface area contributed by atoms with E-state index in [0.29, 0.717) is 5.92 Å². The maximum atomic E-state index is 4.70. The molecule has 0 spiro atoms. The maximum absolute atomic E-state index is 4.70. The SMILES string of the molecule is CCCSCc1nc(NC)c(Br)c(C2CC2)n1. The molecule has 0 atom stereocenters. The van der Waals surface area contributed by atoms with Crippen molar-refractivity contribution in [1.82, 2.24) is 9.97 Å². The molecule has 2 rings (SSSR count). The van der Waals surface area contributed by atoms with Crippen LogP contribution in [0.2, 0.25) is 0 Å². The first kappa shape index (κ1) is 13.1. The summed E-state index contributed by atoms with van der Waals surface area (Å²) in [6, 6.07) is 0. The van der Waals surface area contributed by atoms with Gasteiger partial charge in [0.15, 0.2) is 0 Å². The van der Waals surface area contributed by atoms with Crippen LogP contribution in [0.1, 0.15) is 43.6 Å². The van der Waals surface area contributed by atoms with Gasteiger partial charge in [-0.3, -0.25) is 0 Å². The third-order valence-corrected chi connectivity index (χ3v) is 4.64. The van der Waals surface area contributed by atoms with Gasteiger partial charge in [-0.2, -0.15) is 11.8 Å². The molecule has 0 unspecified atom stereocenters. The first-order valence-corrected chi connectivity index (χ1v) is 8.02. The van der Waals surface area contributed by atoms with Crippen molar-refractivity contribution in [3.05, 3.63) is 16.0 Å². The van der Waals surface area contributed by atoms with Crippen LogP contribution in [0.5, 0.6) is 0 Å². The number of halogens is 1. The fourth-order valence-corrected chi connectivity index (χ4v) is 3.12. The number of anilines is 1. The maximum Gasteiger partial charge on any atom is 0.144 e. The van der Waals surface area contributed by atoms with Crippen molar-refractivity contribution in [3.63, 3.8) is 0 Å². The zero-order valence-corrected chi connectivity index (χ0v) is 12.7. The van der Waals surface area contributed by atoms with Crippen LogP contribution in [-0.4, -0.2) is 22.8 Å². The van der Waals surface area contributed by atoms with Crippen LogP contribution in [0.15, 0.2) is 4.47 Å². The predicted octanol–water partition coefficient (Wildman–Crippen LogP) is 3.80. The Balaban J connectivity index is 2.17. The summed E-state index contributed by atoms with van der Waals surface area (Å²) in [5.74, 6) is 4.61. The molecule has 1 aromatic heterocycles. The smallest absolute Gasteiger partial charge is 0.144 e. The van der Waals surface area contributed by atoms with E-state index in [1.165, 1.54) is 30.7 Å². The van der Waals surface area contributed by atoms with Crippen LogP contribution in [0, 0.1) is 0 Å². The van der Waals surface area contributed by atoms with Crippen molar-refractivity contribution in [2.75, 3.05) is 18.1 Å². The molecule has 3 nitrogen and oxygen atoms in total. The van der Waals surface area contributed by atoms with Crippen LogP contribution in [0.25, 0.3) is 0 Å². The molecule has 94 valence electrons. The summed E-state index contributed by atoms with van der Waals surface area (Å²) in [7, 11) is 1.91. The molecule has 0 aromatic carbocycles. The number of rotatable bonds is 6. The summed E-state index contributed by atoms with van der Waals surface area (Å²) < 4.78 is 1.05.